The van der Waals surface area contributed by atoms with Gasteiger partial charge in [0.05, 0.1) is 11.3 Å². The Morgan fingerprint density at radius 1 is 1.19 bits per heavy atom. The Morgan fingerprint density at radius 2 is 1.88 bits per heavy atom. The molecule has 0 aromatic heterocycles. The molecule has 0 aliphatic heterocycles. The lowest BCUT2D eigenvalue weighted by molar-refractivity contribution is -0.115. The van der Waals surface area contributed by atoms with E-state index in [1.54, 1.807) is 12.1 Å². The van der Waals surface area contributed by atoms with Crippen molar-refractivity contribution >= 4 is 11.5 Å². The van der Waals surface area contributed by atoms with Crippen molar-refractivity contribution in [2.75, 3.05) is 0 Å². The second kappa shape index (κ2) is 4.31. The Kier molecular flexibility index (Phi) is 2.86. The van der Waals surface area contributed by atoms with E-state index in [2.05, 4.69) is 0 Å². The van der Waals surface area contributed by atoms with Gasteiger partial charge in [0.2, 0.25) is 0 Å². The molecule has 82 valence electrons. The summed E-state index contributed by atoms with van der Waals surface area (Å²) in [4.78, 5) is 11.7. The average molecular weight is 215 g/mol. The number of carbonyl (C=O) groups excluding carboxylic acids is 1. The number of carbonyl (C=O) groups is 1. The van der Waals surface area contributed by atoms with Gasteiger partial charge in [-0.05, 0) is 6.42 Å². The summed E-state index contributed by atoms with van der Waals surface area (Å²) in [5.41, 5.74) is 0.986. The van der Waals surface area contributed by atoms with Crippen molar-refractivity contribution < 1.29 is 9.90 Å². The third-order valence-corrected chi connectivity index (χ3v) is 2.70. The minimum absolute atomic E-state index is 0.0603. The molecule has 3 heteroatoms. The van der Waals surface area contributed by atoms with Gasteiger partial charge in [0.25, 0.3) is 0 Å². The van der Waals surface area contributed by atoms with Crippen molar-refractivity contribution in [3.63, 3.8) is 0 Å². The number of nitrogens with one attached hydrogen (secondary N) is 1. The van der Waals surface area contributed by atoms with E-state index in [0.29, 0.717) is 24.8 Å². The molecule has 0 spiro atoms. The summed E-state index contributed by atoms with van der Waals surface area (Å²) < 4.78 is 0. The number of hydrogen-bond donors (Lipinski definition) is 2. The molecule has 0 unspecified atom stereocenters. The van der Waals surface area contributed by atoms with Crippen LogP contribution in [-0.4, -0.2) is 16.6 Å². The molecule has 0 fully saturated rings. The van der Waals surface area contributed by atoms with Crippen LogP contribution in [0.5, 0.6) is 0 Å². The van der Waals surface area contributed by atoms with E-state index in [1.165, 1.54) is 0 Å². The highest BCUT2D eigenvalue weighted by molar-refractivity contribution is 6.27. The van der Waals surface area contributed by atoms with Crippen molar-refractivity contribution in [2.24, 2.45) is 0 Å². The topological polar surface area (TPSA) is 61.1 Å². The molecule has 2 N–H and O–H groups in total. The molecule has 3 nitrogen and oxygen atoms in total. The highest BCUT2D eigenvalue weighted by atomic mass is 16.3. The summed E-state index contributed by atoms with van der Waals surface area (Å²) in [7, 11) is 0. The van der Waals surface area contributed by atoms with Crippen LogP contribution in [0.3, 0.4) is 0 Å². The van der Waals surface area contributed by atoms with E-state index < -0.39 is 0 Å². The van der Waals surface area contributed by atoms with Crippen LogP contribution in [0, 0.1) is 5.41 Å². The van der Waals surface area contributed by atoms with Crippen molar-refractivity contribution in [2.45, 2.75) is 19.3 Å². The standard InChI is InChI=1S/C13H13NO2/c14-13(9-5-2-1-3-6-9)12-10(15)7-4-8-11(12)16/h1-3,5-6,14-15H,4,7-8H2. The zero-order chi connectivity index (χ0) is 11.5. The van der Waals surface area contributed by atoms with Crippen LogP contribution in [0.2, 0.25) is 0 Å². The zero-order valence-electron chi connectivity index (χ0n) is 8.86. The molecule has 0 saturated carbocycles. The summed E-state index contributed by atoms with van der Waals surface area (Å²) >= 11 is 0. The number of Topliss-reactive ketones (excluding diaryl/α,β-unsaturated/α-hetero) is 1. The molecule has 1 aromatic carbocycles. The molecular formula is C13H13NO2. The summed E-state index contributed by atoms with van der Waals surface area (Å²) in [5, 5.41) is 17.6. The van der Waals surface area contributed by atoms with E-state index in [4.69, 9.17) is 5.41 Å². The largest absolute Gasteiger partial charge is 0.511 e. The Morgan fingerprint density at radius 3 is 2.50 bits per heavy atom. The van der Waals surface area contributed by atoms with Crippen LogP contribution >= 0.6 is 0 Å². The van der Waals surface area contributed by atoms with Crippen LogP contribution in [0.15, 0.2) is 41.7 Å². The fourth-order valence-electron chi connectivity index (χ4n) is 1.86. The average Bonchev–Trinajstić information content (AvgIpc) is 2.30. The molecule has 1 aliphatic carbocycles. The molecule has 1 aromatic rings. The summed E-state index contributed by atoms with van der Waals surface area (Å²) in [6.07, 6.45) is 1.60. The van der Waals surface area contributed by atoms with Crippen molar-refractivity contribution in [1.29, 1.82) is 5.41 Å². The number of hydrogen-bond acceptors (Lipinski definition) is 3. The van der Waals surface area contributed by atoms with Gasteiger partial charge in [0, 0.05) is 18.4 Å². The van der Waals surface area contributed by atoms with Gasteiger partial charge >= 0.3 is 0 Å². The maximum Gasteiger partial charge on any atom is 0.168 e. The lowest BCUT2D eigenvalue weighted by Crippen LogP contribution is -2.19. The van der Waals surface area contributed by atoms with Gasteiger partial charge in [-0.25, -0.2) is 0 Å². The molecule has 16 heavy (non-hydrogen) atoms. The predicted molar refractivity (Wildman–Crippen MR) is 61.8 cm³/mol. The van der Waals surface area contributed by atoms with Crippen LogP contribution in [0.1, 0.15) is 24.8 Å². The molecule has 0 heterocycles. The van der Waals surface area contributed by atoms with Crippen LogP contribution in [0.25, 0.3) is 0 Å². The van der Waals surface area contributed by atoms with Gasteiger partial charge in [0.15, 0.2) is 5.78 Å². The first-order chi connectivity index (χ1) is 7.70. The molecule has 0 bridgehead atoms. The predicted octanol–water partition coefficient (Wildman–Crippen LogP) is 2.62. The van der Waals surface area contributed by atoms with Crippen molar-refractivity contribution in [3.05, 3.63) is 47.2 Å². The first-order valence-corrected chi connectivity index (χ1v) is 5.30. The van der Waals surface area contributed by atoms with Crippen LogP contribution in [0.4, 0.5) is 0 Å². The third kappa shape index (κ3) is 1.89. The summed E-state index contributed by atoms with van der Waals surface area (Å²) in [5.74, 6) is -0.0669. The molecule has 0 amide bonds. The number of rotatable bonds is 2. The van der Waals surface area contributed by atoms with Gasteiger partial charge in [0.1, 0.15) is 5.76 Å². The molecule has 2 rings (SSSR count). The van der Waals surface area contributed by atoms with Crippen molar-refractivity contribution in [3.8, 4) is 0 Å². The summed E-state index contributed by atoms with van der Waals surface area (Å²) in [6, 6.07) is 9.02. The van der Waals surface area contributed by atoms with Gasteiger partial charge < -0.3 is 5.11 Å². The first kappa shape index (κ1) is 10.6. The number of allylic oxidation sites excluding steroid dienone is 2. The lowest BCUT2D eigenvalue weighted by atomic mass is 9.90. The highest BCUT2D eigenvalue weighted by Gasteiger charge is 2.24. The van der Waals surface area contributed by atoms with Gasteiger partial charge in [-0.3, -0.25) is 10.2 Å². The quantitative estimate of drug-likeness (QED) is 0.745. The van der Waals surface area contributed by atoms with E-state index in [-0.39, 0.29) is 22.8 Å². The number of ketones is 1. The van der Waals surface area contributed by atoms with E-state index in [0.717, 1.165) is 0 Å². The van der Waals surface area contributed by atoms with Gasteiger partial charge in [-0.2, -0.15) is 0 Å². The van der Waals surface area contributed by atoms with Crippen LogP contribution in [-0.2, 0) is 4.79 Å². The normalized spacial score (nSPS) is 16.4. The third-order valence-electron chi connectivity index (χ3n) is 2.70. The van der Waals surface area contributed by atoms with E-state index in [1.807, 2.05) is 18.2 Å². The highest BCUT2D eigenvalue weighted by Crippen LogP contribution is 2.23. The molecule has 1 aliphatic rings. The maximum absolute atomic E-state index is 11.7. The minimum Gasteiger partial charge on any atom is -0.511 e. The lowest BCUT2D eigenvalue weighted by Gasteiger charge is -2.15. The minimum atomic E-state index is -0.127. The molecular weight excluding hydrogens is 202 g/mol. The molecule has 0 radical (unpaired) electrons. The second-order valence-electron chi connectivity index (χ2n) is 3.84. The second-order valence-corrected chi connectivity index (χ2v) is 3.84. The van der Waals surface area contributed by atoms with Crippen molar-refractivity contribution in [1.82, 2.24) is 0 Å². The number of aliphatic hydroxyl groups excluding tert-OH is 1. The Labute approximate surface area is 93.9 Å². The summed E-state index contributed by atoms with van der Waals surface area (Å²) in [6.45, 7) is 0. The van der Waals surface area contributed by atoms with E-state index >= 15 is 0 Å². The smallest absolute Gasteiger partial charge is 0.168 e. The van der Waals surface area contributed by atoms with Gasteiger partial charge in [-0.15, -0.1) is 0 Å². The monoisotopic (exact) mass is 215 g/mol. The van der Waals surface area contributed by atoms with Gasteiger partial charge in [-0.1, -0.05) is 30.3 Å². The number of aliphatic hydroxyl groups is 1. The fourth-order valence-corrected chi connectivity index (χ4v) is 1.86. The molecule has 0 saturated heterocycles. The SMILES string of the molecule is N=C(C1=C(O)CCCC1=O)c1ccccc1. The Hall–Kier alpha value is -1.90. The number of benzene rings is 1. The fraction of sp³-hybridized carbons (Fsp3) is 0.231. The van der Waals surface area contributed by atoms with E-state index in [9.17, 15) is 9.90 Å². The first-order valence-electron chi connectivity index (χ1n) is 5.30. The Bertz CT molecular complexity index is 460. The van der Waals surface area contributed by atoms with Crippen LogP contribution < -0.4 is 0 Å². The molecule has 0 atom stereocenters. The maximum atomic E-state index is 11.7. The zero-order valence-corrected chi connectivity index (χ0v) is 8.86. The Balaban J connectivity index is 2.38.